The maximum absolute atomic E-state index is 5.23. The molecular formula is C50H32N4. The zero-order chi connectivity index (χ0) is 35.6. The molecule has 0 amide bonds. The van der Waals surface area contributed by atoms with E-state index in [4.69, 9.17) is 9.97 Å². The number of nitrogens with zero attached hydrogens (tertiary/aromatic N) is 4. The Morgan fingerprint density at radius 1 is 0.278 bits per heavy atom. The predicted molar refractivity (Wildman–Crippen MR) is 225 cm³/mol. The van der Waals surface area contributed by atoms with Crippen LogP contribution in [0.4, 0.5) is 0 Å². The van der Waals surface area contributed by atoms with Crippen molar-refractivity contribution in [3.63, 3.8) is 0 Å². The van der Waals surface area contributed by atoms with Crippen molar-refractivity contribution in [2.75, 3.05) is 0 Å². The van der Waals surface area contributed by atoms with Crippen LogP contribution in [-0.4, -0.2) is 19.1 Å². The number of rotatable bonds is 5. The van der Waals surface area contributed by atoms with Gasteiger partial charge >= 0.3 is 0 Å². The van der Waals surface area contributed by atoms with Crippen LogP contribution in [0.15, 0.2) is 194 Å². The molecule has 0 atom stereocenters. The lowest BCUT2D eigenvalue weighted by molar-refractivity contribution is 1.17. The molecule has 0 aliphatic carbocycles. The lowest BCUT2D eigenvalue weighted by Gasteiger charge is -2.13. The quantitative estimate of drug-likeness (QED) is 0.180. The molecule has 0 spiro atoms. The Kier molecular flexibility index (Phi) is 6.82. The van der Waals surface area contributed by atoms with Gasteiger partial charge in [0.2, 0.25) is 0 Å². The van der Waals surface area contributed by atoms with E-state index in [1.807, 2.05) is 30.3 Å². The molecule has 0 saturated heterocycles. The van der Waals surface area contributed by atoms with E-state index in [1.54, 1.807) is 0 Å². The summed E-state index contributed by atoms with van der Waals surface area (Å²) in [5.41, 5.74) is 14.9. The van der Waals surface area contributed by atoms with Gasteiger partial charge in [-0.25, -0.2) is 9.97 Å². The molecule has 252 valence electrons. The number of hydrogen-bond acceptors (Lipinski definition) is 2. The van der Waals surface area contributed by atoms with E-state index in [9.17, 15) is 0 Å². The molecular weight excluding hydrogens is 657 g/mol. The highest BCUT2D eigenvalue weighted by Crippen LogP contribution is 2.41. The third-order valence-electron chi connectivity index (χ3n) is 10.7. The number of aromatic nitrogens is 4. The van der Waals surface area contributed by atoms with Crippen molar-refractivity contribution in [3.8, 4) is 45.0 Å². The van der Waals surface area contributed by atoms with Crippen molar-refractivity contribution in [2.24, 2.45) is 0 Å². The van der Waals surface area contributed by atoms with Gasteiger partial charge in [-0.05, 0) is 71.8 Å². The van der Waals surface area contributed by atoms with Crippen LogP contribution in [0.1, 0.15) is 0 Å². The zero-order valence-corrected chi connectivity index (χ0v) is 29.3. The van der Waals surface area contributed by atoms with Crippen molar-refractivity contribution < 1.29 is 0 Å². The second-order valence-corrected chi connectivity index (χ2v) is 13.8. The number of fused-ring (bicyclic) bond motifs is 7. The molecule has 0 unspecified atom stereocenters. The Labute approximate surface area is 311 Å². The van der Waals surface area contributed by atoms with Gasteiger partial charge < -0.3 is 9.13 Å². The summed E-state index contributed by atoms with van der Waals surface area (Å²) < 4.78 is 4.83. The summed E-state index contributed by atoms with van der Waals surface area (Å²) in [6.07, 6.45) is 0. The van der Waals surface area contributed by atoms with E-state index < -0.39 is 0 Å². The van der Waals surface area contributed by atoms with E-state index in [0.717, 1.165) is 56.0 Å². The fourth-order valence-electron chi connectivity index (χ4n) is 8.23. The van der Waals surface area contributed by atoms with Crippen molar-refractivity contribution in [1.82, 2.24) is 19.1 Å². The first kappa shape index (κ1) is 30.3. The average Bonchev–Trinajstić information content (AvgIpc) is 3.75. The fraction of sp³-hybridized carbons (Fsp3) is 0. The zero-order valence-electron chi connectivity index (χ0n) is 29.3. The molecule has 0 aliphatic rings. The third-order valence-corrected chi connectivity index (χ3v) is 10.7. The lowest BCUT2D eigenvalue weighted by Crippen LogP contribution is -1.98. The highest BCUT2D eigenvalue weighted by atomic mass is 15.0. The summed E-state index contributed by atoms with van der Waals surface area (Å²) in [7, 11) is 0. The van der Waals surface area contributed by atoms with Crippen molar-refractivity contribution >= 4 is 54.6 Å². The maximum atomic E-state index is 5.23. The summed E-state index contributed by atoms with van der Waals surface area (Å²) in [6.45, 7) is 0. The average molecular weight is 689 g/mol. The van der Waals surface area contributed by atoms with Crippen LogP contribution in [0.5, 0.6) is 0 Å². The molecule has 11 aromatic rings. The van der Waals surface area contributed by atoms with Crippen LogP contribution in [0.2, 0.25) is 0 Å². The number of hydrogen-bond donors (Lipinski definition) is 0. The topological polar surface area (TPSA) is 35.6 Å². The van der Waals surface area contributed by atoms with E-state index in [2.05, 4.69) is 173 Å². The molecule has 0 N–H and O–H groups in total. The molecule has 4 nitrogen and oxygen atoms in total. The highest BCUT2D eigenvalue weighted by molar-refractivity contribution is 6.19. The van der Waals surface area contributed by atoms with Gasteiger partial charge in [-0.1, -0.05) is 133 Å². The van der Waals surface area contributed by atoms with Crippen molar-refractivity contribution in [1.29, 1.82) is 0 Å². The summed E-state index contributed by atoms with van der Waals surface area (Å²) in [5, 5.41) is 4.87. The monoisotopic (exact) mass is 688 g/mol. The van der Waals surface area contributed by atoms with Gasteiger partial charge in [-0.2, -0.15) is 0 Å². The normalized spacial score (nSPS) is 11.7. The van der Waals surface area contributed by atoms with Gasteiger partial charge in [0.25, 0.3) is 0 Å². The fourth-order valence-corrected chi connectivity index (χ4v) is 8.23. The van der Waals surface area contributed by atoms with Gasteiger partial charge in [0.1, 0.15) is 0 Å². The van der Waals surface area contributed by atoms with Crippen LogP contribution < -0.4 is 0 Å². The number of para-hydroxylation sites is 4. The van der Waals surface area contributed by atoms with E-state index in [-0.39, 0.29) is 0 Å². The Morgan fingerprint density at radius 2 is 0.704 bits per heavy atom. The second-order valence-electron chi connectivity index (χ2n) is 13.8. The molecule has 0 bridgehead atoms. The van der Waals surface area contributed by atoms with Crippen LogP contribution in [0, 0.1) is 0 Å². The molecule has 4 heteroatoms. The Morgan fingerprint density at radius 3 is 1.28 bits per heavy atom. The van der Waals surface area contributed by atoms with Crippen molar-refractivity contribution in [2.45, 2.75) is 0 Å². The minimum absolute atomic E-state index is 0.866. The van der Waals surface area contributed by atoms with Gasteiger partial charge in [0.15, 0.2) is 0 Å². The second kappa shape index (κ2) is 12.1. The summed E-state index contributed by atoms with van der Waals surface area (Å²) in [5.74, 6) is 0. The third kappa shape index (κ3) is 4.78. The number of benzene rings is 8. The molecule has 0 aliphatic heterocycles. The molecule has 3 heterocycles. The Bertz CT molecular complexity index is 3210. The molecule has 0 saturated carbocycles. The standard InChI is InChI=1S/C50H32N4/c1-3-15-33(16-4-1)35-19-13-21-37(29-35)53-45-27-11-7-23-39(45)41-32-48-42(31-47(41)53)40-24-8-12-28-46(40)54(48)38-22-14-20-36(30-38)50-49(34-17-5-2-6-18-34)51-43-25-9-10-26-44(43)52-50/h1-32H. The maximum Gasteiger partial charge on any atom is 0.0973 e. The minimum atomic E-state index is 0.866. The SMILES string of the molecule is c1ccc(-c2cccc(-n3c4ccccc4c4cc5c(cc43)c3ccccc3n5-c3cccc(-c4nc5ccccc5nc4-c4ccccc4)c3)c2)cc1. The summed E-state index contributed by atoms with van der Waals surface area (Å²) >= 11 is 0. The molecule has 54 heavy (non-hydrogen) atoms. The first-order chi connectivity index (χ1) is 26.8. The van der Waals surface area contributed by atoms with Crippen LogP contribution in [0.3, 0.4) is 0 Å². The van der Waals surface area contributed by atoms with E-state index >= 15 is 0 Å². The van der Waals surface area contributed by atoms with Crippen molar-refractivity contribution in [3.05, 3.63) is 194 Å². The van der Waals surface area contributed by atoms with E-state index in [1.165, 1.54) is 43.7 Å². The van der Waals surface area contributed by atoms with Gasteiger partial charge in [-0.3, -0.25) is 0 Å². The van der Waals surface area contributed by atoms with Crippen LogP contribution in [-0.2, 0) is 0 Å². The summed E-state index contributed by atoms with van der Waals surface area (Å²) in [4.78, 5) is 10.4. The van der Waals surface area contributed by atoms with E-state index in [0.29, 0.717) is 0 Å². The summed E-state index contributed by atoms with van der Waals surface area (Å²) in [6, 6.07) is 69.0. The minimum Gasteiger partial charge on any atom is -0.309 e. The van der Waals surface area contributed by atoms with Gasteiger partial charge in [0.05, 0.1) is 44.5 Å². The van der Waals surface area contributed by atoms with Gasteiger partial charge in [0, 0.05) is 44.0 Å². The molecule has 0 radical (unpaired) electrons. The van der Waals surface area contributed by atoms with Gasteiger partial charge in [-0.15, -0.1) is 0 Å². The largest absolute Gasteiger partial charge is 0.309 e. The molecule has 3 aromatic heterocycles. The van der Waals surface area contributed by atoms with Crippen LogP contribution >= 0.6 is 0 Å². The molecule has 11 rings (SSSR count). The Hall–Kier alpha value is -7.30. The highest BCUT2D eigenvalue weighted by Gasteiger charge is 2.20. The molecule has 0 fully saturated rings. The molecule has 8 aromatic carbocycles. The first-order valence-corrected chi connectivity index (χ1v) is 18.3. The lowest BCUT2D eigenvalue weighted by atomic mass is 10.0. The smallest absolute Gasteiger partial charge is 0.0973 e. The first-order valence-electron chi connectivity index (χ1n) is 18.3. The predicted octanol–water partition coefficient (Wildman–Crippen LogP) is 12.8. The Balaban J connectivity index is 1.15. The van der Waals surface area contributed by atoms with Crippen LogP contribution in [0.25, 0.3) is 99.7 Å².